The van der Waals surface area contributed by atoms with Gasteiger partial charge >= 0.3 is 0 Å². The molecule has 6 radical (unpaired) electrons. The summed E-state index contributed by atoms with van der Waals surface area (Å²) in [7, 11) is 3.36. The van der Waals surface area contributed by atoms with Gasteiger partial charge in [-0.15, -0.1) is 0 Å². The first-order valence-electron chi connectivity index (χ1n) is 3.27. The van der Waals surface area contributed by atoms with Crippen LogP contribution in [-0.4, -0.2) is 36.2 Å². The summed E-state index contributed by atoms with van der Waals surface area (Å²) in [5.41, 5.74) is 0. The van der Waals surface area contributed by atoms with E-state index in [9.17, 15) is 0 Å². The average Bonchev–Trinajstić information content (AvgIpc) is 2.63. The van der Waals surface area contributed by atoms with Crippen LogP contribution in [0.2, 0.25) is 6.04 Å². The minimum Gasteiger partial charge on any atom is -0.379 e. The summed E-state index contributed by atoms with van der Waals surface area (Å²) in [5.74, 6) is 0. The number of hydrogen-bond donors (Lipinski definition) is 0. The Labute approximate surface area is 153 Å². The van der Waals surface area contributed by atoms with Crippen molar-refractivity contribution in [2.45, 2.75) is 18.6 Å². The zero-order valence-corrected chi connectivity index (χ0v) is 16.7. The minimum atomic E-state index is 0. The molecular weight excluding hydrogens is 399 g/mol. The van der Waals surface area contributed by atoms with Gasteiger partial charge in [0, 0.05) is 115 Å². The second-order valence-corrected chi connectivity index (χ2v) is 2.63. The van der Waals surface area contributed by atoms with Gasteiger partial charge in [-0.25, -0.2) is 0 Å². The van der Waals surface area contributed by atoms with Crippen molar-refractivity contribution in [3.8, 4) is 0 Å². The van der Waals surface area contributed by atoms with Crippen molar-refractivity contribution in [3.63, 3.8) is 0 Å². The van der Waals surface area contributed by atoms with Crippen LogP contribution in [0.3, 0.4) is 0 Å². The van der Waals surface area contributed by atoms with E-state index >= 15 is 0 Å². The molecule has 1 fully saturated rings. The summed E-state index contributed by atoms with van der Waals surface area (Å²) in [4.78, 5) is 0. The van der Waals surface area contributed by atoms with Gasteiger partial charge in [-0.1, -0.05) is 6.04 Å². The van der Waals surface area contributed by atoms with E-state index in [2.05, 4.69) is 10.2 Å². The van der Waals surface area contributed by atoms with Crippen molar-refractivity contribution in [1.82, 2.24) is 0 Å². The van der Waals surface area contributed by atoms with Crippen LogP contribution in [0.1, 0.15) is 6.42 Å². The van der Waals surface area contributed by atoms with Crippen LogP contribution < -0.4 is 0 Å². The molecule has 0 aromatic heterocycles. The summed E-state index contributed by atoms with van der Waals surface area (Å²) < 4.78 is 10.2. The van der Waals surface area contributed by atoms with Crippen LogP contribution in [0.5, 0.6) is 0 Å². The zero-order chi connectivity index (χ0) is 6.53. The Bertz CT molecular complexity index is 83.2. The van der Waals surface area contributed by atoms with Crippen molar-refractivity contribution in [3.05, 3.63) is 0 Å². The summed E-state index contributed by atoms with van der Waals surface area (Å²) in [6.07, 6.45) is 1.50. The first-order valence-corrected chi connectivity index (χ1v) is 3.98. The van der Waals surface area contributed by atoms with Gasteiger partial charge in [-0.05, 0) is 6.42 Å². The predicted molar refractivity (Wildman–Crippen MR) is 35.7 cm³/mol. The van der Waals surface area contributed by atoms with E-state index in [4.69, 9.17) is 9.47 Å². The summed E-state index contributed by atoms with van der Waals surface area (Å²) in [6.45, 7) is 2.53. The molecule has 60 valence electrons. The third-order valence-electron chi connectivity index (χ3n) is 1.17. The monoisotopic (exact) mass is 410 g/mol. The van der Waals surface area contributed by atoms with Crippen LogP contribution >= 0.6 is 0 Å². The fourth-order valence-corrected chi connectivity index (χ4v) is 0.698. The quantitative estimate of drug-likeness (QED) is 0.372. The summed E-state index contributed by atoms with van der Waals surface area (Å²) in [5, 5.41) is 0. The maximum absolute atomic E-state index is 5.24. The molecule has 1 aliphatic heterocycles. The van der Waals surface area contributed by atoms with Gasteiger partial charge in [0.2, 0.25) is 0 Å². The van der Waals surface area contributed by atoms with Gasteiger partial charge in [-0.2, -0.15) is 0 Å². The van der Waals surface area contributed by atoms with E-state index in [0.29, 0.717) is 6.10 Å². The molecule has 1 atom stereocenters. The molecule has 0 saturated carbocycles. The van der Waals surface area contributed by atoms with Gasteiger partial charge < -0.3 is 9.47 Å². The number of epoxide rings is 1. The second-order valence-electron chi connectivity index (χ2n) is 2.13. The van der Waals surface area contributed by atoms with Crippen LogP contribution in [0, 0.1) is 0 Å². The van der Waals surface area contributed by atoms with E-state index in [-0.39, 0.29) is 98.1 Å². The van der Waals surface area contributed by atoms with Gasteiger partial charge in [0.1, 0.15) is 6.10 Å². The fraction of sp³-hybridized carbons (Fsp3) is 1.00. The van der Waals surface area contributed by atoms with Crippen molar-refractivity contribution in [2.75, 3.05) is 19.8 Å². The SMILES string of the molecule is [Si]CCCOCC1CO1.[Y].[Y].[Y]. The standard InChI is InChI=1S/C6H11O2Si.3Y/c9-3-1-2-7-4-6-5-8-6;;;/h6H,1-5H2;;;. The first-order chi connectivity index (χ1) is 4.43. The number of hydrogen-bond acceptors (Lipinski definition) is 2. The molecule has 0 amide bonds. The maximum atomic E-state index is 5.24. The predicted octanol–water partition coefficient (Wildman–Crippen LogP) is 0.371. The molecule has 0 aromatic rings. The van der Waals surface area contributed by atoms with Crippen LogP contribution in [0.25, 0.3) is 0 Å². The Balaban J connectivity index is -0.000000270. The molecule has 12 heavy (non-hydrogen) atoms. The van der Waals surface area contributed by atoms with Gasteiger partial charge in [0.15, 0.2) is 0 Å². The van der Waals surface area contributed by atoms with Gasteiger partial charge in [0.05, 0.1) is 13.2 Å². The maximum Gasteiger partial charge on any atom is 0.104 e. The second kappa shape index (κ2) is 14.4. The molecule has 0 bridgehead atoms. The fourth-order valence-electron chi connectivity index (χ4n) is 0.553. The molecule has 0 aromatic carbocycles. The molecular formula is C6H11O2SiY3. The van der Waals surface area contributed by atoms with Crippen LogP contribution in [0.4, 0.5) is 0 Å². The number of rotatable bonds is 5. The van der Waals surface area contributed by atoms with Gasteiger partial charge in [0.25, 0.3) is 0 Å². The molecule has 6 heteroatoms. The molecule has 1 saturated heterocycles. The third-order valence-corrected chi connectivity index (χ3v) is 1.53. The first kappa shape index (κ1) is 20.8. The molecule has 0 N–H and O–H groups in total. The van der Waals surface area contributed by atoms with Crippen LogP contribution in [0.15, 0.2) is 0 Å². The van der Waals surface area contributed by atoms with E-state index < -0.39 is 0 Å². The minimum absolute atomic E-state index is 0. The largest absolute Gasteiger partial charge is 0.379 e. The third kappa shape index (κ3) is 13.4. The van der Waals surface area contributed by atoms with Crippen molar-refractivity contribution in [2.24, 2.45) is 0 Å². The summed E-state index contributed by atoms with van der Waals surface area (Å²) >= 11 is 0. The topological polar surface area (TPSA) is 21.8 Å². The van der Waals surface area contributed by atoms with E-state index in [1.165, 1.54) is 0 Å². The van der Waals surface area contributed by atoms with E-state index in [1.807, 2.05) is 0 Å². The van der Waals surface area contributed by atoms with Crippen molar-refractivity contribution >= 4 is 10.2 Å². The average molecular weight is 410 g/mol. The Morgan fingerprint density at radius 3 is 2.33 bits per heavy atom. The Hall–Kier alpha value is 3.45. The molecule has 0 spiro atoms. The molecule has 1 aliphatic rings. The normalized spacial score (nSPS) is 18.2. The Kier molecular flexibility index (Phi) is 25.1. The molecule has 1 rings (SSSR count). The molecule has 2 nitrogen and oxygen atoms in total. The molecule has 1 unspecified atom stereocenters. The van der Waals surface area contributed by atoms with Crippen molar-refractivity contribution in [1.29, 1.82) is 0 Å². The molecule has 0 aliphatic carbocycles. The smallest absolute Gasteiger partial charge is 0.104 e. The molecule has 1 heterocycles. The van der Waals surface area contributed by atoms with E-state index in [0.717, 1.165) is 32.3 Å². The summed E-state index contributed by atoms with van der Waals surface area (Å²) in [6, 6.07) is 1.02. The van der Waals surface area contributed by atoms with Crippen LogP contribution in [-0.2, 0) is 108 Å². The zero-order valence-electron chi connectivity index (χ0n) is 7.16. The van der Waals surface area contributed by atoms with Crippen molar-refractivity contribution < 1.29 is 108 Å². The Morgan fingerprint density at radius 2 is 1.92 bits per heavy atom. The van der Waals surface area contributed by atoms with Gasteiger partial charge in [-0.3, -0.25) is 0 Å². The van der Waals surface area contributed by atoms with E-state index in [1.54, 1.807) is 0 Å². The Morgan fingerprint density at radius 1 is 1.33 bits per heavy atom. The number of ether oxygens (including phenoxy) is 2.